The first-order chi connectivity index (χ1) is 23.4. The van der Waals surface area contributed by atoms with E-state index in [-0.39, 0.29) is 11.9 Å². The lowest BCUT2D eigenvalue weighted by Crippen LogP contribution is -2.35. The molecule has 1 N–H and O–H groups in total. The second kappa shape index (κ2) is 36.6. The van der Waals surface area contributed by atoms with Gasteiger partial charge in [-0.05, 0) is 65.2 Å². The Kier molecular flexibility index (Phi) is 35.4. The highest BCUT2D eigenvalue weighted by Crippen LogP contribution is 2.14. The molecule has 1 atom stereocenters. The number of carbonyl (C=O) groups is 1. The van der Waals surface area contributed by atoms with E-state index < -0.39 is 0 Å². The molecule has 0 saturated carbocycles. The highest BCUT2D eigenvalue weighted by Gasteiger charge is 2.17. The standard InChI is InChI=1S/C43H84N4O/c1-7-9-11-13-15-17-19-21-23-24-26-28-30-32-34-36-40(3)46-42(37-39-44-41(4)47(5)6)43(48)45-38-35-33-31-29-27-25-22-20-18-16-14-12-10-8-2/h21,23,42H,7-20,22,24-39H2,1-6H3,(H,45,48). The van der Waals surface area contributed by atoms with Crippen LogP contribution in [-0.4, -0.2) is 55.6 Å². The topological polar surface area (TPSA) is 57.1 Å². The summed E-state index contributed by atoms with van der Waals surface area (Å²) in [5.74, 6) is 1.07. The molecule has 0 aliphatic carbocycles. The summed E-state index contributed by atoms with van der Waals surface area (Å²) < 4.78 is 0. The summed E-state index contributed by atoms with van der Waals surface area (Å²) in [4.78, 5) is 24.8. The van der Waals surface area contributed by atoms with Crippen LogP contribution in [0.25, 0.3) is 0 Å². The molecule has 1 unspecified atom stereocenters. The van der Waals surface area contributed by atoms with Gasteiger partial charge in [0.1, 0.15) is 6.04 Å². The normalized spacial score (nSPS) is 13.0. The number of rotatable bonds is 35. The van der Waals surface area contributed by atoms with E-state index in [1.54, 1.807) is 0 Å². The fourth-order valence-electron chi connectivity index (χ4n) is 6.18. The Balaban J connectivity index is 4.21. The van der Waals surface area contributed by atoms with E-state index >= 15 is 0 Å². The van der Waals surface area contributed by atoms with Gasteiger partial charge in [0.05, 0.1) is 5.84 Å². The number of carbonyl (C=O) groups excluding carboxylic acids is 1. The number of allylic oxidation sites excluding steroid dienone is 2. The van der Waals surface area contributed by atoms with E-state index in [9.17, 15) is 4.79 Å². The van der Waals surface area contributed by atoms with Crippen LogP contribution >= 0.6 is 0 Å². The molecule has 0 aromatic carbocycles. The molecule has 0 saturated heterocycles. The minimum Gasteiger partial charge on any atom is -0.367 e. The van der Waals surface area contributed by atoms with E-state index in [4.69, 9.17) is 4.99 Å². The Morgan fingerprint density at radius 1 is 0.604 bits per heavy atom. The maximum Gasteiger partial charge on any atom is 0.244 e. The number of hydrogen-bond acceptors (Lipinski definition) is 3. The van der Waals surface area contributed by atoms with Crippen molar-refractivity contribution in [1.82, 2.24) is 10.2 Å². The fraction of sp³-hybridized carbons (Fsp3) is 0.884. The Labute approximate surface area is 301 Å². The summed E-state index contributed by atoms with van der Waals surface area (Å²) >= 11 is 0. The Morgan fingerprint density at radius 2 is 1.02 bits per heavy atom. The molecule has 0 rings (SSSR count). The predicted octanol–water partition coefficient (Wildman–Crippen LogP) is 12.8. The quantitative estimate of drug-likeness (QED) is 0.0315. The third-order valence-corrected chi connectivity index (χ3v) is 9.70. The monoisotopic (exact) mass is 673 g/mol. The van der Waals surface area contributed by atoms with Crippen molar-refractivity contribution in [3.8, 4) is 0 Å². The SMILES string of the molecule is CCCCCCCCC=CCCCCCCCC(C)=NC(CCN=C(C)N(C)C)C(=O)NCCCCCCCCCCCCCCCC. The van der Waals surface area contributed by atoms with Gasteiger partial charge in [-0.2, -0.15) is 0 Å². The molecule has 0 bridgehead atoms. The molecule has 1 amide bonds. The molecular formula is C43H84N4O. The van der Waals surface area contributed by atoms with Crippen LogP contribution in [0.1, 0.15) is 214 Å². The molecule has 0 radical (unpaired) electrons. The third-order valence-electron chi connectivity index (χ3n) is 9.70. The minimum atomic E-state index is -0.335. The number of nitrogens with one attached hydrogen (secondary N) is 1. The maximum atomic E-state index is 13.2. The minimum absolute atomic E-state index is 0.0753. The van der Waals surface area contributed by atoms with Gasteiger partial charge in [0.2, 0.25) is 5.91 Å². The molecule has 0 aromatic rings. The van der Waals surface area contributed by atoms with Crippen molar-refractivity contribution in [2.45, 2.75) is 220 Å². The van der Waals surface area contributed by atoms with Crippen molar-refractivity contribution in [1.29, 1.82) is 0 Å². The van der Waals surface area contributed by atoms with Crippen LogP contribution in [0, 0.1) is 0 Å². The van der Waals surface area contributed by atoms with Gasteiger partial charge < -0.3 is 10.2 Å². The fourth-order valence-corrected chi connectivity index (χ4v) is 6.18. The molecule has 5 heteroatoms. The van der Waals surface area contributed by atoms with Gasteiger partial charge >= 0.3 is 0 Å². The van der Waals surface area contributed by atoms with Crippen LogP contribution < -0.4 is 5.32 Å². The van der Waals surface area contributed by atoms with Gasteiger partial charge in [-0.25, -0.2) is 0 Å². The lowest BCUT2D eigenvalue weighted by molar-refractivity contribution is -0.122. The average Bonchev–Trinajstić information content (AvgIpc) is 3.07. The van der Waals surface area contributed by atoms with E-state index in [1.807, 2.05) is 25.9 Å². The van der Waals surface area contributed by atoms with E-state index in [1.165, 1.54) is 161 Å². The average molecular weight is 673 g/mol. The molecule has 0 heterocycles. The second-order valence-corrected chi connectivity index (χ2v) is 14.7. The maximum absolute atomic E-state index is 13.2. The summed E-state index contributed by atoms with van der Waals surface area (Å²) in [5.41, 5.74) is 1.11. The van der Waals surface area contributed by atoms with E-state index in [2.05, 4.69) is 43.2 Å². The van der Waals surface area contributed by atoms with Crippen LogP contribution in [0.4, 0.5) is 0 Å². The van der Waals surface area contributed by atoms with Gasteiger partial charge in [0.25, 0.3) is 0 Å². The third kappa shape index (κ3) is 32.9. The largest absolute Gasteiger partial charge is 0.367 e. The van der Waals surface area contributed by atoms with Crippen molar-refractivity contribution in [2.75, 3.05) is 27.2 Å². The van der Waals surface area contributed by atoms with Crippen LogP contribution in [0.2, 0.25) is 0 Å². The predicted molar refractivity (Wildman–Crippen MR) is 216 cm³/mol. The highest BCUT2D eigenvalue weighted by atomic mass is 16.2. The van der Waals surface area contributed by atoms with Crippen molar-refractivity contribution in [3.05, 3.63) is 12.2 Å². The Hall–Kier alpha value is -1.65. The number of amides is 1. The molecule has 282 valence electrons. The first-order valence-corrected chi connectivity index (χ1v) is 21.1. The molecular weight excluding hydrogens is 589 g/mol. The summed E-state index contributed by atoms with van der Waals surface area (Å²) in [5, 5.41) is 3.20. The Bertz CT molecular complexity index is 788. The van der Waals surface area contributed by atoms with Gasteiger partial charge in [-0.15, -0.1) is 0 Å². The number of nitrogens with zero attached hydrogens (tertiary/aromatic N) is 3. The summed E-state index contributed by atoms with van der Waals surface area (Å²) in [6, 6.07) is -0.335. The van der Waals surface area contributed by atoms with Gasteiger partial charge in [0, 0.05) is 32.9 Å². The first-order valence-electron chi connectivity index (χ1n) is 21.1. The van der Waals surface area contributed by atoms with Crippen LogP contribution in [0.3, 0.4) is 0 Å². The molecule has 0 aliphatic rings. The van der Waals surface area contributed by atoms with Crippen molar-refractivity contribution in [2.24, 2.45) is 9.98 Å². The summed E-state index contributed by atoms with van der Waals surface area (Å²) in [7, 11) is 4.02. The second-order valence-electron chi connectivity index (χ2n) is 14.7. The molecule has 0 aromatic heterocycles. The van der Waals surface area contributed by atoms with Gasteiger partial charge in [0.15, 0.2) is 0 Å². The zero-order valence-corrected chi connectivity index (χ0v) is 33.4. The highest BCUT2D eigenvalue weighted by molar-refractivity contribution is 5.88. The van der Waals surface area contributed by atoms with Crippen molar-refractivity contribution >= 4 is 17.5 Å². The lowest BCUT2D eigenvalue weighted by atomic mass is 10.0. The molecule has 48 heavy (non-hydrogen) atoms. The summed E-state index contributed by atoms with van der Waals surface area (Å²) in [6.45, 7) is 10.1. The van der Waals surface area contributed by atoms with Crippen LogP contribution in [0.15, 0.2) is 22.1 Å². The smallest absolute Gasteiger partial charge is 0.244 e. The number of hydrogen-bond donors (Lipinski definition) is 1. The van der Waals surface area contributed by atoms with E-state index in [0.717, 1.165) is 37.4 Å². The van der Waals surface area contributed by atoms with Gasteiger partial charge in [-0.1, -0.05) is 161 Å². The van der Waals surface area contributed by atoms with Crippen LogP contribution in [-0.2, 0) is 4.79 Å². The van der Waals surface area contributed by atoms with Crippen molar-refractivity contribution in [3.63, 3.8) is 0 Å². The van der Waals surface area contributed by atoms with E-state index in [0.29, 0.717) is 13.0 Å². The van der Waals surface area contributed by atoms with Gasteiger partial charge in [-0.3, -0.25) is 14.8 Å². The lowest BCUT2D eigenvalue weighted by Gasteiger charge is -2.15. The Morgan fingerprint density at radius 3 is 1.48 bits per heavy atom. The molecule has 5 nitrogen and oxygen atoms in total. The number of aliphatic imine (C=N–C) groups is 2. The molecule has 0 aliphatic heterocycles. The summed E-state index contributed by atoms with van der Waals surface area (Å²) in [6.07, 6.45) is 42.4. The van der Waals surface area contributed by atoms with Crippen LogP contribution in [0.5, 0.6) is 0 Å². The molecule has 0 spiro atoms. The van der Waals surface area contributed by atoms with Crippen molar-refractivity contribution < 1.29 is 4.79 Å². The number of unbranched alkanes of at least 4 members (excludes halogenated alkanes) is 24. The number of amidine groups is 1. The zero-order valence-electron chi connectivity index (χ0n) is 33.4. The zero-order chi connectivity index (χ0) is 35.3. The first kappa shape index (κ1) is 46.4. The molecule has 0 fully saturated rings.